The first-order valence-corrected chi connectivity index (χ1v) is 6.45. The predicted molar refractivity (Wildman–Crippen MR) is 74.1 cm³/mol. The second kappa shape index (κ2) is 7.66. The minimum absolute atomic E-state index is 0.650. The van der Waals surface area contributed by atoms with Crippen molar-refractivity contribution in [2.45, 2.75) is 6.54 Å². The van der Waals surface area contributed by atoms with E-state index in [1.807, 2.05) is 6.07 Å². The van der Waals surface area contributed by atoms with Crippen molar-refractivity contribution in [2.24, 2.45) is 11.5 Å². The first-order valence-electron chi connectivity index (χ1n) is 5.66. The van der Waals surface area contributed by atoms with Gasteiger partial charge >= 0.3 is 0 Å². The van der Waals surface area contributed by atoms with Gasteiger partial charge in [0.1, 0.15) is 5.75 Å². The summed E-state index contributed by atoms with van der Waals surface area (Å²) in [5.41, 5.74) is 12.4. The molecule has 0 aliphatic heterocycles. The van der Waals surface area contributed by atoms with Crippen LogP contribution < -0.4 is 16.2 Å². The number of halogens is 1. The Labute approximate surface area is 111 Å². The van der Waals surface area contributed by atoms with E-state index in [9.17, 15) is 0 Å². The number of ether oxygens (including phenoxy) is 1. The fourth-order valence-electron chi connectivity index (χ4n) is 1.70. The highest BCUT2D eigenvalue weighted by Gasteiger charge is 2.06. The monoisotopic (exact) mass is 301 g/mol. The summed E-state index contributed by atoms with van der Waals surface area (Å²) in [6.07, 6.45) is 0. The molecule has 0 unspecified atom stereocenters. The van der Waals surface area contributed by atoms with E-state index in [0.29, 0.717) is 13.1 Å². The maximum absolute atomic E-state index is 5.58. The molecular weight excluding hydrogens is 282 g/mol. The Morgan fingerprint density at radius 1 is 1.24 bits per heavy atom. The molecule has 0 saturated heterocycles. The Morgan fingerprint density at radius 2 is 1.88 bits per heavy atom. The lowest BCUT2D eigenvalue weighted by molar-refractivity contribution is 0.280. The number of nitrogens with zero attached hydrogens (tertiary/aromatic N) is 1. The Morgan fingerprint density at radius 3 is 2.35 bits per heavy atom. The lowest BCUT2D eigenvalue weighted by Crippen LogP contribution is -2.33. The predicted octanol–water partition coefficient (Wildman–Crippen LogP) is 1.18. The zero-order chi connectivity index (χ0) is 12.7. The molecule has 96 valence electrons. The molecule has 0 heterocycles. The van der Waals surface area contributed by atoms with E-state index in [1.54, 1.807) is 7.11 Å². The number of benzene rings is 1. The summed E-state index contributed by atoms with van der Waals surface area (Å²) in [4.78, 5) is 2.24. The molecular formula is C12H20BrN3O. The normalized spacial score (nSPS) is 10.9. The zero-order valence-electron chi connectivity index (χ0n) is 10.2. The molecule has 0 radical (unpaired) electrons. The Hall–Kier alpha value is -0.620. The van der Waals surface area contributed by atoms with E-state index in [0.717, 1.165) is 29.9 Å². The Balaban J connectivity index is 2.68. The van der Waals surface area contributed by atoms with Crippen LogP contribution in [-0.2, 0) is 6.54 Å². The third kappa shape index (κ3) is 4.63. The van der Waals surface area contributed by atoms with Crippen LogP contribution >= 0.6 is 15.9 Å². The van der Waals surface area contributed by atoms with Crippen LogP contribution in [0.25, 0.3) is 0 Å². The fraction of sp³-hybridized carbons (Fsp3) is 0.500. The molecule has 0 bridgehead atoms. The van der Waals surface area contributed by atoms with Gasteiger partial charge in [-0.05, 0) is 33.6 Å². The van der Waals surface area contributed by atoms with Crippen LogP contribution in [0.1, 0.15) is 5.56 Å². The third-order valence-corrected chi connectivity index (χ3v) is 3.13. The van der Waals surface area contributed by atoms with E-state index < -0.39 is 0 Å². The molecule has 17 heavy (non-hydrogen) atoms. The molecule has 0 atom stereocenters. The first-order chi connectivity index (χ1) is 8.21. The van der Waals surface area contributed by atoms with Crippen LogP contribution in [0.5, 0.6) is 5.75 Å². The van der Waals surface area contributed by atoms with Crippen LogP contribution in [-0.4, -0.2) is 38.2 Å². The van der Waals surface area contributed by atoms with Gasteiger partial charge in [-0.2, -0.15) is 0 Å². The lowest BCUT2D eigenvalue weighted by atomic mass is 10.2. The molecule has 5 heteroatoms. The van der Waals surface area contributed by atoms with Crippen molar-refractivity contribution in [3.05, 3.63) is 28.2 Å². The molecule has 0 fully saturated rings. The number of hydrogen-bond donors (Lipinski definition) is 2. The number of rotatable bonds is 7. The molecule has 0 aliphatic carbocycles. The minimum atomic E-state index is 0.650. The molecule has 1 aromatic carbocycles. The van der Waals surface area contributed by atoms with Gasteiger partial charge in [-0.15, -0.1) is 0 Å². The molecule has 4 nitrogen and oxygen atoms in total. The fourth-order valence-corrected chi connectivity index (χ4v) is 2.29. The van der Waals surface area contributed by atoms with Crippen molar-refractivity contribution in [3.8, 4) is 5.75 Å². The van der Waals surface area contributed by atoms with Crippen LogP contribution in [0.3, 0.4) is 0 Å². The highest BCUT2D eigenvalue weighted by molar-refractivity contribution is 9.10. The van der Waals surface area contributed by atoms with Crippen molar-refractivity contribution in [1.82, 2.24) is 4.90 Å². The second-order valence-corrected chi connectivity index (χ2v) is 4.68. The maximum Gasteiger partial charge on any atom is 0.133 e. The van der Waals surface area contributed by atoms with Gasteiger partial charge in [0.2, 0.25) is 0 Å². The number of methoxy groups -OCH3 is 1. The highest BCUT2D eigenvalue weighted by Crippen LogP contribution is 2.25. The molecule has 4 N–H and O–H groups in total. The van der Waals surface area contributed by atoms with Crippen LogP contribution in [0.4, 0.5) is 0 Å². The summed E-state index contributed by atoms with van der Waals surface area (Å²) in [6.45, 7) is 3.88. The SMILES string of the molecule is COc1ccc(CN(CCN)CCN)cc1Br. The second-order valence-electron chi connectivity index (χ2n) is 3.82. The smallest absolute Gasteiger partial charge is 0.133 e. The molecule has 0 spiro atoms. The average molecular weight is 302 g/mol. The largest absolute Gasteiger partial charge is 0.496 e. The van der Waals surface area contributed by atoms with E-state index in [2.05, 4.69) is 33.0 Å². The van der Waals surface area contributed by atoms with Gasteiger partial charge in [0.15, 0.2) is 0 Å². The van der Waals surface area contributed by atoms with E-state index in [4.69, 9.17) is 16.2 Å². The molecule has 0 aliphatic rings. The summed E-state index contributed by atoms with van der Waals surface area (Å²) in [5.74, 6) is 0.845. The molecule has 0 saturated carbocycles. The van der Waals surface area contributed by atoms with Gasteiger partial charge in [0.05, 0.1) is 11.6 Å². The van der Waals surface area contributed by atoms with Gasteiger partial charge in [-0.25, -0.2) is 0 Å². The number of hydrogen-bond acceptors (Lipinski definition) is 4. The topological polar surface area (TPSA) is 64.5 Å². The lowest BCUT2D eigenvalue weighted by Gasteiger charge is -2.21. The summed E-state index contributed by atoms with van der Waals surface area (Å²) < 4.78 is 6.17. The quantitative estimate of drug-likeness (QED) is 0.794. The standard InChI is InChI=1S/C12H20BrN3O/c1-17-12-3-2-10(8-11(12)13)9-16(6-4-14)7-5-15/h2-3,8H,4-7,9,14-15H2,1H3. The molecule has 0 amide bonds. The van der Waals surface area contributed by atoms with E-state index in [1.165, 1.54) is 5.56 Å². The molecule has 0 aromatic heterocycles. The zero-order valence-corrected chi connectivity index (χ0v) is 11.7. The Bertz CT molecular complexity index is 341. The van der Waals surface area contributed by atoms with Crippen LogP contribution in [0.15, 0.2) is 22.7 Å². The minimum Gasteiger partial charge on any atom is -0.496 e. The molecule has 1 rings (SSSR count). The van der Waals surface area contributed by atoms with Crippen LogP contribution in [0.2, 0.25) is 0 Å². The van der Waals surface area contributed by atoms with Crippen molar-refractivity contribution in [2.75, 3.05) is 33.3 Å². The summed E-state index contributed by atoms with van der Waals surface area (Å²) in [7, 11) is 1.66. The first kappa shape index (κ1) is 14.4. The maximum atomic E-state index is 5.58. The summed E-state index contributed by atoms with van der Waals surface area (Å²) >= 11 is 3.48. The van der Waals surface area contributed by atoms with Crippen molar-refractivity contribution < 1.29 is 4.74 Å². The third-order valence-electron chi connectivity index (χ3n) is 2.51. The highest BCUT2D eigenvalue weighted by atomic mass is 79.9. The summed E-state index contributed by atoms with van der Waals surface area (Å²) in [5, 5.41) is 0. The van der Waals surface area contributed by atoms with Gasteiger partial charge in [-0.1, -0.05) is 6.07 Å². The van der Waals surface area contributed by atoms with Gasteiger partial charge in [0.25, 0.3) is 0 Å². The van der Waals surface area contributed by atoms with Gasteiger partial charge in [0, 0.05) is 32.7 Å². The van der Waals surface area contributed by atoms with Crippen LogP contribution in [0, 0.1) is 0 Å². The van der Waals surface area contributed by atoms with Gasteiger partial charge < -0.3 is 16.2 Å². The average Bonchev–Trinajstić information content (AvgIpc) is 2.30. The van der Waals surface area contributed by atoms with Crippen molar-refractivity contribution >= 4 is 15.9 Å². The van der Waals surface area contributed by atoms with E-state index >= 15 is 0 Å². The van der Waals surface area contributed by atoms with Gasteiger partial charge in [-0.3, -0.25) is 4.90 Å². The Kier molecular flexibility index (Phi) is 6.50. The summed E-state index contributed by atoms with van der Waals surface area (Å²) in [6, 6.07) is 6.09. The molecule has 1 aromatic rings. The van der Waals surface area contributed by atoms with Crippen molar-refractivity contribution in [1.29, 1.82) is 0 Å². The van der Waals surface area contributed by atoms with E-state index in [-0.39, 0.29) is 0 Å². The van der Waals surface area contributed by atoms with Crippen molar-refractivity contribution in [3.63, 3.8) is 0 Å². The number of nitrogens with two attached hydrogens (primary N) is 2.